The molecular weight excluding hydrogens is 443 g/mol. The molecule has 32 heavy (non-hydrogen) atoms. The number of anilines is 2. The molecule has 2 rings (SSSR count). The molecule has 0 aliphatic heterocycles. The van der Waals surface area contributed by atoms with E-state index in [4.69, 9.17) is 22.1 Å². The van der Waals surface area contributed by atoms with E-state index in [2.05, 4.69) is 4.98 Å². The summed E-state index contributed by atoms with van der Waals surface area (Å²) in [5.74, 6) is -2.37. The molecule has 0 atom stereocenters. The van der Waals surface area contributed by atoms with Crippen molar-refractivity contribution in [3.05, 3.63) is 55.4 Å². The Morgan fingerprint density at radius 3 is 2.59 bits per heavy atom. The maximum atomic E-state index is 13.9. The first kappa shape index (κ1) is 25.1. The van der Waals surface area contributed by atoms with E-state index in [1.165, 1.54) is 16.7 Å². The van der Waals surface area contributed by atoms with Crippen molar-refractivity contribution in [3.8, 4) is 0 Å². The van der Waals surface area contributed by atoms with Crippen molar-refractivity contribution >= 4 is 35.0 Å². The Kier molecular flexibility index (Phi) is 9.01. The van der Waals surface area contributed by atoms with Crippen molar-refractivity contribution < 1.29 is 18.7 Å². The lowest BCUT2D eigenvalue weighted by Crippen LogP contribution is -2.43. The zero-order valence-corrected chi connectivity index (χ0v) is 18.7. The van der Waals surface area contributed by atoms with Crippen molar-refractivity contribution in [2.24, 2.45) is 0 Å². The van der Waals surface area contributed by atoms with Crippen LogP contribution in [0.1, 0.15) is 38.7 Å². The van der Waals surface area contributed by atoms with Gasteiger partial charge in [-0.05, 0) is 25.0 Å². The molecule has 0 radical (unpaired) electrons. The van der Waals surface area contributed by atoms with Gasteiger partial charge in [-0.2, -0.15) is 0 Å². The highest BCUT2D eigenvalue weighted by Gasteiger charge is 2.25. The first-order valence-electron chi connectivity index (χ1n) is 10.2. The lowest BCUT2D eigenvalue weighted by atomic mass is 10.1. The molecule has 0 saturated heterocycles. The molecule has 0 spiro atoms. The van der Waals surface area contributed by atoms with Crippen LogP contribution in [0.4, 0.5) is 15.9 Å². The number of unbranched alkanes of at least 4 members (excludes halogenated alkanes) is 1. The molecule has 1 aromatic heterocycles. The number of carbonyl (C=O) groups excluding carboxylic acids is 2. The molecule has 3 N–H and O–H groups in total. The van der Waals surface area contributed by atoms with Crippen LogP contribution in [0.5, 0.6) is 0 Å². The van der Waals surface area contributed by atoms with Crippen molar-refractivity contribution in [1.82, 2.24) is 9.55 Å². The fraction of sp³-hybridized carbons (Fsp3) is 0.429. The summed E-state index contributed by atoms with van der Waals surface area (Å²) >= 11 is 5.91. The normalized spacial score (nSPS) is 10.8. The van der Waals surface area contributed by atoms with Crippen molar-refractivity contribution in [2.75, 3.05) is 23.8 Å². The lowest BCUT2D eigenvalue weighted by molar-refractivity contribution is -0.147. The van der Waals surface area contributed by atoms with Crippen molar-refractivity contribution in [3.63, 3.8) is 0 Å². The van der Waals surface area contributed by atoms with Gasteiger partial charge >= 0.3 is 11.7 Å². The van der Waals surface area contributed by atoms with Gasteiger partial charge in [-0.3, -0.25) is 23.9 Å². The first-order chi connectivity index (χ1) is 15.2. The van der Waals surface area contributed by atoms with Crippen LogP contribution >= 0.6 is 11.6 Å². The van der Waals surface area contributed by atoms with E-state index in [1.54, 1.807) is 0 Å². The number of ether oxygens (including phenoxy) is 1. The zero-order valence-electron chi connectivity index (χ0n) is 18.0. The number of aromatic nitrogens is 2. The number of amides is 1. The van der Waals surface area contributed by atoms with E-state index in [1.807, 2.05) is 13.8 Å². The van der Waals surface area contributed by atoms with Gasteiger partial charge in [0.05, 0.1) is 6.42 Å². The molecule has 0 bridgehead atoms. The molecule has 1 heterocycles. The largest absolute Gasteiger partial charge is 0.455 e. The lowest BCUT2D eigenvalue weighted by Gasteiger charge is -2.24. The van der Waals surface area contributed by atoms with Gasteiger partial charge < -0.3 is 15.4 Å². The number of nitrogens with two attached hydrogens (primary N) is 1. The third kappa shape index (κ3) is 5.97. The average molecular weight is 469 g/mol. The van der Waals surface area contributed by atoms with Crippen molar-refractivity contribution in [1.29, 1.82) is 0 Å². The van der Waals surface area contributed by atoms with Crippen LogP contribution < -0.4 is 21.9 Å². The van der Waals surface area contributed by atoms with E-state index < -0.39 is 42.0 Å². The number of aromatic amines is 1. The molecule has 2 aromatic rings. The molecule has 0 aliphatic carbocycles. The molecule has 174 valence electrons. The number of nitrogen functional groups attached to an aromatic ring is 1. The van der Waals surface area contributed by atoms with E-state index >= 15 is 0 Å². The van der Waals surface area contributed by atoms with Gasteiger partial charge in [-0.15, -0.1) is 0 Å². The summed E-state index contributed by atoms with van der Waals surface area (Å²) in [6, 6.07) is 4.00. The monoisotopic (exact) mass is 468 g/mol. The molecule has 0 saturated carbocycles. The average Bonchev–Trinajstić information content (AvgIpc) is 2.74. The van der Waals surface area contributed by atoms with Crippen LogP contribution in [-0.4, -0.2) is 34.6 Å². The Morgan fingerprint density at radius 2 is 1.97 bits per heavy atom. The summed E-state index contributed by atoms with van der Waals surface area (Å²) in [6.07, 6.45) is 1.37. The number of nitrogens with zero attached hydrogens (tertiary/aromatic N) is 2. The van der Waals surface area contributed by atoms with E-state index in [-0.39, 0.29) is 35.2 Å². The number of nitrogens with one attached hydrogen (secondary N) is 1. The molecule has 9 nitrogen and oxygen atoms in total. The molecule has 0 unspecified atom stereocenters. The second-order valence-corrected chi connectivity index (χ2v) is 7.49. The molecule has 0 fully saturated rings. The summed E-state index contributed by atoms with van der Waals surface area (Å²) in [6.45, 7) is 3.41. The van der Waals surface area contributed by atoms with Crippen LogP contribution in [0, 0.1) is 5.82 Å². The fourth-order valence-electron chi connectivity index (χ4n) is 3.08. The number of halogens is 2. The Bertz CT molecular complexity index is 1080. The van der Waals surface area contributed by atoms with Crippen LogP contribution in [-0.2, 0) is 27.3 Å². The maximum Gasteiger partial charge on any atom is 0.330 e. The predicted octanol–water partition coefficient (Wildman–Crippen LogP) is 2.24. The molecule has 1 aromatic carbocycles. The minimum absolute atomic E-state index is 0.0400. The van der Waals surface area contributed by atoms with Crippen LogP contribution in [0.25, 0.3) is 0 Å². The third-order valence-corrected chi connectivity index (χ3v) is 5.06. The number of carbonyl (C=O) groups is 2. The minimum atomic E-state index is -0.862. The Balaban J connectivity index is 2.24. The van der Waals surface area contributed by atoms with Crippen LogP contribution in [0.15, 0.2) is 27.8 Å². The standard InChI is InChI=1S/C21H26ClFN4O5/c1-3-5-10-26(18-19(24)27(9-4-2)21(31)25-20(18)30)16(28)12-32-17(29)11-13-14(22)7-6-8-15(13)23/h6-8H,3-5,9-12,24H2,1-2H3,(H,25,30,31). The van der Waals surface area contributed by atoms with Gasteiger partial charge in [0.1, 0.15) is 11.6 Å². The summed E-state index contributed by atoms with van der Waals surface area (Å²) in [5.41, 5.74) is 4.36. The first-order valence-corrected chi connectivity index (χ1v) is 10.6. The highest BCUT2D eigenvalue weighted by Crippen LogP contribution is 2.20. The number of hydrogen-bond donors (Lipinski definition) is 2. The van der Waals surface area contributed by atoms with Gasteiger partial charge in [0.2, 0.25) is 0 Å². The van der Waals surface area contributed by atoms with Gasteiger partial charge in [0.15, 0.2) is 12.3 Å². The maximum absolute atomic E-state index is 13.9. The number of hydrogen-bond acceptors (Lipinski definition) is 6. The second kappa shape index (κ2) is 11.5. The molecule has 0 aliphatic rings. The Hall–Kier alpha value is -3.14. The number of esters is 1. The van der Waals surface area contributed by atoms with Crippen LogP contribution in [0.2, 0.25) is 5.02 Å². The minimum Gasteiger partial charge on any atom is -0.455 e. The molecular formula is C21H26ClFN4O5. The number of benzene rings is 1. The SMILES string of the molecule is CCCCN(C(=O)COC(=O)Cc1c(F)cccc1Cl)c1c(N)n(CCC)c(=O)[nH]c1=O. The van der Waals surface area contributed by atoms with Gasteiger partial charge in [-0.1, -0.05) is 37.9 Å². The zero-order chi connectivity index (χ0) is 23.8. The van der Waals surface area contributed by atoms with E-state index in [9.17, 15) is 23.6 Å². The summed E-state index contributed by atoms with van der Waals surface area (Å²) < 4.78 is 20.1. The number of H-pyrrole nitrogens is 1. The highest BCUT2D eigenvalue weighted by atomic mass is 35.5. The van der Waals surface area contributed by atoms with E-state index in [0.29, 0.717) is 19.3 Å². The fourth-order valence-corrected chi connectivity index (χ4v) is 3.31. The van der Waals surface area contributed by atoms with Crippen LogP contribution in [0.3, 0.4) is 0 Å². The quantitative estimate of drug-likeness (QED) is 0.515. The molecule has 11 heteroatoms. The topological polar surface area (TPSA) is 127 Å². The van der Waals surface area contributed by atoms with Gasteiger partial charge in [-0.25, -0.2) is 9.18 Å². The summed E-state index contributed by atoms with van der Waals surface area (Å²) in [5, 5.41) is 0.0651. The van der Waals surface area contributed by atoms with Crippen molar-refractivity contribution in [2.45, 2.75) is 46.1 Å². The van der Waals surface area contributed by atoms with Gasteiger partial charge in [0.25, 0.3) is 11.5 Å². The van der Waals surface area contributed by atoms with Gasteiger partial charge in [0, 0.05) is 23.7 Å². The third-order valence-electron chi connectivity index (χ3n) is 4.71. The predicted molar refractivity (Wildman–Crippen MR) is 119 cm³/mol. The summed E-state index contributed by atoms with van der Waals surface area (Å²) in [7, 11) is 0. The second-order valence-electron chi connectivity index (χ2n) is 7.08. The highest BCUT2D eigenvalue weighted by molar-refractivity contribution is 6.31. The smallest absolute Gasteiger partial charge is 0.330 e. The Labute approximate surface area is 188 Å². The summed E-state index contributed by atoms with van der Waals surface area (Å²) in [4.78, 5) is 52.8. The Morgan fingerprint density at radius 1 is 1.25 bits per heavy atom. The molecule has 1 amide bonds. The van der Waals surface area contributed by atoms with E-state index in [0.717, 1.165) is 11.0 Å². The number of rotatable bonds is 10.